The molecule has 0 spiro atoms. The molecule has 0 radical (unpaired) electrons. The molecule has 1 N–H and O–H groups in total. The number of ether oxygens (including phenoxy) is 1. The van der Waals surface area contributed by atoms with Gasteiger partial charge in [0.2, 0.25) is 0 Å². The maximum absolute atomic E-state index is 13.6. The van der Waals surface area contributed by atoms with Gasteiger partial charge in [-0.05, 0) is 74.7 Å². The first-order chi connectivity index (χ1) is 15.4. The Labute approximate surface area is 189 Å². The van der Waals surface area contributed by atoms with E-state index in [2.05, 4.69) is 17.4 Å². The summed E-state index contributed by atoms with van der Waals surface area (Å²) in [5.41, 5.74) is 7.39. The van der Waals surface area contributed by atoms with Crippen LogP contribution in [0.3, 0.4) is 0 Å². The zero-order chi connectivity index (χ0) is 22.8. The summed E-state index contributed by atoms with van der Waals surface area (Å²) in [6, 6.07) is 21.9. The minimum Gasteiger partial charge on any atom is -0.497 e. The summed E-state index contributed by atoms with van der Waals surface area (Å²) >= 11 is 0. The van der Waals surface area contributed by atoms with E-state index in [-0.39, 0.29) is 11.9 Å². The summed E-state index contributed by atoms with van der Waals surface area (Å²) in [7, 11) is 1.65. The number of benzene rings is 3. The van der Waals surface area contributed by atoms with Crippen LogP contribution in [0, 0.1) is 20.8 Å². The van der Waals surface area contributed by atoms with Crippen LogP contribution in [-0.2, 0) is 0 Å². The maximum atomic E-state index is 13.6. The lowest BCUT2D eigenvalue weighted by molar-refractivity contribution is 0.0941. The smallest absolute Gasteiger partial charge is 0.252 e. The van der Waals surface area contributed by atoms with E-state index < -0.39 is 0 Å². The highest BCUT2D eigenvalue weighted by molar-refractivity contribution is 6.09. The molecule has 0 bridgehead atoms. The molecule has 4 heteroatoms. The number of pyridine rings is 1. The molecule has 0 saturated heterocycles. The summed E-state index contributed by atoms with van der Waals surface area (Å²) in [6.45, 7) is 8.08. The van der Waals surface area contributed by atoms with Gasteiger partial charge in [0.25, 0.3) is 5.91 Å². The highest BCUT2D eigenvalue weighted by Gasteiger charge is 2.21. The van der Waals surface area contributed by atoms with Crippen molar-refractivity contribution >= 4 is 16.8 Å². The Morgan fingerprint density at radius 1 is 0.969 bits per heavy atom. The first kappa shape index (κ1) is 21.6. The fraction of sp³-hybridized carbons (Fsp3) is 0.214. The van der Waals surface area contributed by atoms with Crippen molar-refractivity contribution in [2.24, 2.45) is 0 Å². The average Bonchev–Trinajstić information content (AvgIpc) is 2.79. The van der Waals surface area contributed by atoms with E-state index in [1.54, 1.807) is 7.11 Å². The predicted octanol–water partition coefficient (Wildman–Crippen LogP) is 6.33. The van der Waals surface area contributed by atoms with E-state index in [1.807, 2.05) is 82.3 Å². The van der Waals surface area contributed by atoms with E-state index in [1.165, 1.54) is 0 Å². The van der Waals surface area contributed by atoms with Gasteiger partial charge >= 0.3 is 0 Å². The van der Waals surface area contributed by atoms with Gasteiger partial charge in [-0.15, -0.1) is 0 Å². The third kappa shape index (κ3) is 4.09. The first-order valence-electron chi connectivity index (χ1n) is 10.8. The molecular weight excluding hydrogens is 396 g/mol. The summed E-state index contributed by atoms with van der Waals surface area (Å²) in [5, 5.41) is 4.08. The summed E-state index contributed by atoms with van der Waals surface area (Å²) in [4.78, 5) is 18.6. The molecule has 0 aliphatic carbocycles. The van der Waals surface area contributed by atoms with Gasteiger partial charge < -0.3 is 10.1 Å². The number of rotatable bonds is 5. The third-order valence-corrected chi connectivity index (χ3v) is 5.91. The van der Waals surface area contributed by atoms with E-state index in [4.69, 9.17) is 9.72 Å². The van der Waals surface area contributed by atoms with Crippen molar-refractivity contribution in [3.05, 3.63) is 94.5 Å². The summed E-state index contributed by atoms with van der Waals surface area (Å²) in [6.07, 6.45) is 0. The highest BCUT2D eigenvalue weighted by Crippen LogP contribution is 2.33. The number of carbonyl (C=O) groups excluding carboxylic acids is 1. The van der Waals surface area contributed by atoms with Crippen LogP contribution in [0.15, 0.2) is 66.7 Å². The number of hydrogen-bond acceptors (Lipinski definition) is 3. The molecule has 0 aliphatic heterocycles. The van der Waals surface area contributed by atoms with Crippen molar-refractivity contribution < 1.29 is 9.53 Å². The van der Waals surface area contributed by atoms with Crippen LogP contribution in [0.4, 0.5) is 0 Å². The van der Waals surface area contributed by atoms with Gasteiger partial charge in [-0.3, -0.25) is 4.79 Å². The molecule has 3 aromatic carbocycles. The molecular formula is C28H28N2O2. The summed E-state index contributed by atoms with van der Waals surface area (Å²) in [5.74, 6) is 0.694. The maximum Gasteiger partial charge on any atom is 0.252 e. The lowest BCUT2D eigenvalue weighted by Gasteiger charge is -2.19. The normalized spacial score (nSPS) is 11.9. The number of amides is 1. The minimum atomic E-state index is -0.110. The lowest BCUT2D eigenvalue weighted by Crippen LogP contribution is -2.28. The molecule has 0 saturated carbocycles. The van der Waals surface area contributed by atoms with E-state index >= 15 is 0 Å². The van der Waals surface area contributed by atoms with Gasteiger partial charge in [0.05, 0.1) is 29.9 Å². The molecule has 162 valence electrons. The van der Waals surface area contributed by atoms with Gasteiger partial charge in [-0.2, -0.15) is 0 Å². The molecule has 1 atom stereocenters. The van der Waals surface area contributed by atoms with E-state index in [9.17, 15) is 4.79 Å². The number of carbonyl (C=O) groups is 1. The molecule has 0 aliphatic rings. The van der Waals surface area contributed by atoms with Gasteiger partial charge in [-0.25, -0.2) is 4.98 Å². The second-order valence-electron chi connectivity index (χ2n) is 8.27. The number of aryl methyl sites for hydroxylation is 2. The molecule has 0 fully saturated rings. The quantitative estimate of drug-likeness (QED) is 0.407. The molecule has 4 rings (SSSR count). The molecule has 1 heterocycles. The number of nitrogens with one attached hydrogen (secondary N) is 1. The SMILES string of the molecule is COc1ccc(-c2nc3c(C)cc(C)cc3c(C(=O)NC(C)c3ccccc3)c2C)cc1. The molecule has 4 aromatic rings. The van der Waals surface area contributed by atoms with Gasteiger partial charge in [-0.1, -0.05) is 42.0 Å². The van der Waals surface area contributed by atoms with Gasteiger partial charge in [0.15, 0.2) is 0 Å². The minimum absolute atomic E-state index is 0.0917. The zero-order valence-electron chi connectivity index (χ0n) is 19.2. The second-order valence-corrected chi connectivity index (χ2v) is 8.27. The highest BCUT2D eigenvalue weighted by atomic mass is 16.5. The Morgan fingerprint density at radius 3 is 2.31 bits per heavy atom. The standard InChI is InChI=1S/C28H28N2O2/c1-17-15-18(2)26-24(16-17)25(28(31)29-20(4)21-9-7-6-8-10-21)19(3)27(30-26)22-11-13-23(32-5)14-12-22/h6-16,20H,1-5H3,(H,29,31). The fourth-order valence-corrected chi connectivity index (χ4v) is 4.23. The fourth-order valence-electron chi connectivity index (χ4n) is 4.23. The van der Waals surface area contributed by atoms with Crippen LogP contribution in [0.2, 0.25) is 0 Å². The van der Waals surface area contributed by atoms with Crippen molar-refractivity contribution in [3.8, 4) is 17.0 Å². The van der Waals surface area contributed by atoms with Crippen molar-refractivity contribution in [3.63, 3.8) is 0 Å². The third-order valence-electron chi connectivity index (χ3n) is 5.91. The van der Waals surface area contributed by atoms with Crippen LogP contribution in [-0.4, -0.2) is 18.0 Å². The second kappa shape index (κ2) is 8.83. The first-order valence-corrected chi connectivity index (χ1v) is 10.8. The van der Waals surface area contributed by atoms with E-state index in [0.717, 1.165) is 50.2 Å². The lowest BCUT2D eigenvalue weighted by atomic mass is 9.94. The Balaban J connectivity index is 1.87. The zero-order valence-corrected chi connectivity index (χ0v) is 19.2. The number of nitrogens with zero attached hydrogens (tertiary/aromatic N) is 1. The van der Waals surface area contributed by atoms with Crippen molar-refractivity contribution in [2.75, 3.05) is 7.11 Å². The van der Waals surface area contributed by atoms with Crippen LogP contribution in [0.25, 0.3) is 22.2 Å². The van der Waals surface area contributed by atoms with Crippen molar-refractivity contribution in [1.29, 1.82) is 0 Å². The Morgan fingerprint density at radius 2 is 1.66 bits per heavy atom. The number of methoxy groups -OCH3 is 1. The van der Waals surface area contributed by atoms with Crippen LogP contribution < -0.4 is 10.1 Å². The predicted molar refractivity (Wildman–Crippen MR) is 130 cm³/mol. The van der Waals surface area contributed by atoms with Crippen molar-refractivity contribution in [1.82, 2.24) is 10.3 Å². The molecule has 1 unspecified atom stereocenters. The monoisotopic (exact) mass is 424 g/mol. The van der Waals surface area contributed by atoms with Crippen molar-refractivity contribution in [2.45, 2.75) is 33.7 Å². The molecule has 4 nitrogen and oxygen atoms in total. The van der Waals surface area contributed by atoms with E-state index in [0.29, 0.717) is 5.56 Å². The number of hydrogen-bond donors (Lipinski definition) is 1. The number of aromatic nitrogens is 1. The Hall–Kier alpha value is -3.66. The topological polar surface area (TPSA) is 51.2 Å². The Kier molecular flexibility index (Phi) is 5.95. The van der Waals surface area contributed by atoms with Crippen LogP contribution in [0.5, 0.6) is 5.75 Å². The Bertz CT molecular complexity index is 1280. The van der Waals surface area contributed by atoms with Gasteiger partial charge in [0, 0.05) is 10.9 Å². The van der Waals surface area contributed by atoms with Crippen LogP contribution >= 0.6 is 0 Å². The van der Waals surface area contributed by atoms with Gasteiger partial charge in [0.1, 0.15) is 5.75 Å². The largest absolute Gasteiger partial charge is 0.497 e. The average molecular weight is 425 g/mol. The molecule has 1 amide bonds. The molecule has 32 heavy (non-hydrogen) atoms. The van der Waals surface area contributed by atoms with Crippen LogP contribution in [0.1, 0.15) is 45.6 Å². The summed E-state index contributed by atoms with van der Waals surface area (Å²) < 4.78 is 5.30. The number of fused-ring (bicyclic) bond motifs is 1. The molecule has 1 aromatic heterocycles.